The Labute approximate surface area is 147 Å². The zero-order valence-corrected chi connectivity index (χ0v) is 13.9. The smallest absolute Gasteiger partial charge is 0.338 e. The SMILES string of the molecule is O=C1CSc2ccc(C(=O)OCC(=O)c3ccccc3Cl)cc2N1. The minimum absolute atomic E-state index is 0.119. The summed E-state index contributed by atoms with van der Waals surface area (Å²) < 4.78 is 5.05. The van der Waals surface area contributed by atoms with Crippen LogP contribution in [0.2, 0.25) is 5.02 Å². The molecule has 0 atom stereocenters. The molecular formula is C17H12ClNO4S. The van der Waals surface area contributed by atoms with Gasteiger partial charge in [0.15, 0.2) is 6.61 Å². The molecule has 122 valence electrons. The van der Waals surface area contributed by atoms with Crippen LogP contribution in [0.4, 0.5) is 5.69 Å². The number of anilines is 1. The van der Waals surface area contributed by atoms with Gasteiger partial charge in [-0.05, 0) is 30.3 Å². The standard InChI is InChI=1S/C17H12ClNO4S/c18-12-4-2-1-3-11(12)14(20)8-23-17(22)10-5-6-15-13(7-10)19-16(21)9-24-15/h1-7H,8-9H2,(H,19,21). The molecule has 0 radical (unpaired) electrons. The lowest BCUT2D eigenvalue weighted by Crippen LogP contribution is -2.19. The summed E-state index contributed by atoms with van der Waals surface area (Å²) >= 11 is 7.34. The second kappa shape index (κ2) is 7.07. The van der Waals surface area contributed by atoms with Gasteiger partial charge in [-0.1, -0.05) is 23.7 Å². The summed E-state index contributed by atoms with van der Waals surface area (Å²) in [5.41, 5.74) is 1.15. The maximum Gasteiger partial charge on any atom is 0.338 e. The molecule has 24 heavy (non-hydrogen) atoms. The highest BCUT2D eigenvalue weighted by Gasteiger charge is 2.19. The van der Waals surface area contributed by atoms with Crippen molar-refractivity contribution in [1.82, 2.24) is 0 Å². The number of fused-ring (bicyclic) bond motifs is 1. The van der Waals surface area contributed by atoms with Crippen LogP contribution < -0.4 is 5.32 Å². The molecule has 1 N–H and O–H groups in total. The van der Waals surface area contributed by atoms with Crippen LogP contribution in [0.25, 0.3) is 0 Å². The Morgan fingerprint density at radius 1 is 1.21 bits per heavy atom. The Balaban J connectivity index is 1.67. The van der Waals surface area contributed by atoms with Crippen LogP contribution in [0, 0.1) is 0 Å². The van der Waals surface area contributed by atoms with E-state index >= 15 is 0 Å². The molecule has 0 saturated carbocycles. The van der Waals surface area contributed by atoms with Gasteiger partial charge in [0.25, 0.3) is 0 Å². The zero-order valence-electron chi connectivity index (χ0n) is 12.4. The number of hydrogen-bond acceptors (Lipinski definition) is 5. The van der Waals surface area contributed by atoms with E-state index in [1.807, 2.05) is 0 Å². The number of thioether (sulfide) groups is 1. The predicted molar refractivity (Wildman–Crippen MR) is 91.9 cm³/mol. The molecule has 1 amide bonds. The fourth-order valence-electron chi connectivity index (χ4n) is 2.19. The molecule has 0 aromatic heterocycles. The molecule has 0 spiro atoms. The lowest BCUT2D eigenvalue weighted by Gasteiger charge is -2.16. The van der Waals surface area contributed by atoms with Crippen molar-refractivity contribution in [2.75, 3.05) is 17.7 Å². The second-order valence-electron chi connectivity index (χ2n) is 5.03. The van der Waals surface area contributed by atoms with Crippen LogP contribution in [0.1, 0.15) is 20.7 Å². The summed E-state index contributed by atoms with van der Waals surface area (Å²) in [6.45, 7) is -0.402. The minimum atomic E-state index is -0.636. The van der Waals surface area contributed by atoms with Crippen molar-refractivity contribution in [2.45, 2.75) is 4.90 Å². The fourth-order valence-corrected chi connectivity index (χ4v) is 3.22. The molecule has 0 aliphatic carbocycles. The van der Waals surface area contributed by atoms with Crippen molar-refractivity contribution in [3.8, 4) is 0 Å². The van der Waals surface area contributed by atoms with Crippen molar-refractivity contribution in [1.29, 1.82) is 0 Å². The summed E-state index contributed by atoms with van der Waals surface area (Å²) in [7, 11) is 0. The molecule has 2 aromatic rings. The Kier molecular flexibility index (Phi) is 4.87. The van der Waals surface area contributed by atoms with Gasteiger partial charge in [0.1, 0.15) is 0 Å². The number of halogens is 1. The van der Waals surface area contributed by atoms with Crippen molar-refractivity contribution >= 4 is 46.7 Å². The van der Waals surface area contributed by atoms with Crippen LogP contribution in [0.5, 0.6) is 0 Å². The van der Waals surface area contributed by atoms with Gasteiger partial charge in [-0.15, -0.1) is 11.8 Å². The van der Waals surface area contributed by atoms with Crippen molar-refractivity contribution in [3.63, 3.8) is 0 Å². The van der Waals surface area contributed by atoms with Gasteiger partial charge in [-0.3, -0.25) is 9.59 Å². The first-order chi connectivity index (χ1) is 11.5. The van der Waals surface area contributed by atoms with Gasteiger partial charge in [0.2, 0.25) is 11.7 Å². The average Bonchev–Trinajstić information content (AvgIpc) is 2.59. The number of hydrogen-bond donors (Lipinski definition) is 1. The van der Waals surface area contributed by atoms with Gasteiger partial charge < -0.3 is 10.1 Å². The van der Waals surface area contributed by atoms with Gasteiger partial charge in [-0.2, -0.15) is 0 Å². The Morgan fingerprint density at radius 3 is 2.79 bits per heavy atom. The zero-order chi connectivity index (χ0) is 17.1. The number of carbonyl (C=O) groups excluding carboxylic acids is 3. The number of amides is 1. The largest absolute Gasteiger partial charge is 0.454 e. The van der Waals surface area contributed by atoms with Gasteiger partial charge in [0.05, 0.1) is 22.0 Å². The van der Waals surface area contributed by atoms with Gasteiger partial charge in [0, 0.05) is 10.5 Å². The molecule has 7 heteroatoms. The highest BCUT2D eigenvalue weighted by atomic mass is 35.5. The third-order valence-electron chi connectivity index (χ3n) is 3.36. The number of ketones is 1. The monoisotopic (exact) mass is 361 g/mol. The highest BCUT2D eigenvalue weighted by Crippen LogP contribution is 2.32. The number of benzene rings is 2. The Bertz CT molecular complexity index is 837. The van der Waals surface area contributed by atoms with Crippen molar-refractivity contribution in [2.24, 2.45) is 0 Å². The summed E-state index contributed by atoms with van der Waals surface area (Å²) in [6, 6.07) is 11.5. The van der Waals surface area contributed by atoms with E-state index < -0.39 is 12.6 Å². The molecular weight excluding hydrogens is 350 g/mol. The van der Waals surface area contributed by atoms with Crippen LogP contribution in [-0.2, 0) is 9.53 Å². The van der Waals surface area contributed by atoms with E-state index in [2.05, 4.69) is 5.32 Å². The first-order valence-electron chi connectivity index (χ1n) is 7.06. The van der Waals surface area contributed by atoms with E-state index in [0.717, 1.165) is 4.90 Å². The van der Waals surface area contributed by atoms with E-state index in [4.69, 9.17) is 16.3 Å². The molecule has 0 unspecified atom stereocenters. The van der Waals surface area contributed by atoms with Crippen LogP contribution in [0.3, 0.4) is 0 Å². The second-order valence-corrected chi connectivity index (χ2v) is 6.45. The quantitative estimate of drug-likeness (QED) is 0.667. The van der Waals surface area contributed by atoms with E-state index in [0.29, 0.717) is 22.0 Å². The molecule has 0 bridgehead atoms. The molecule has 3 rings (SSSR count). The topological polar surface area (TPSA) is 72.5 Å². The van der Waals surface area contributed by atoms with E-state index in [1.165, 1.54) is 11.8 Å². The van der Waals surface area contributed by atoms with Gasteiger partial charge >= 0.3 is 5.97 Å². The summed E-state index contributed by atoms with van der Waals surface area (Å²) in [5, 5.41) is 3.01. The molecule has 0 saturated heterocycles. The van der Waals surface area contributed by atoms with Crippen LogP contribution in [0.15, 0.2) is 47.4 Å². The molecule has 0 fully saturated rings. The van der Waals surface area contributed by atoms with Gasteiger partial charge in [-0.25, -0.2) is 4.79 Å². The van der Waals surface area contributed by atoms with Crippen molar-refractivity contribution < 1.29 is 19.1 Å². The third kappa shape index (κ3) is 3.60. The first kappa shape index (κ1) is 16.5. The molecule has 5 nitrogen and oxygen atoms in total. The average molecular weight is 362 g/mol. The van der Waals surface area contributed by atoms with Crippen LogP contribution in [-0.4, -0.2) is 30.0 Å². The van der Waals surface area contributed by atoms with Crippen LogP contribution >= 0.6 is 23.4 Å². The summed E-state index contributed by atoms with van der Waals surface area (Å²) in [6.07, 6.45) is 0. The van der Waals surface area contributed by atoms with E-state index in [-0.39, 0.29) is 17.3 Å². The van der Waals surface area contributed by atoms with E-state index in [9.17, 15) is 14.4 Å². The number of nitrogens with one attached hydrogen (secondary N) is 1. The lowest BCUT2D eigenvalue weighted by molar-refractivity contribution is -0.113. The maximum absolute atomic E-state index is 12.1. The summed E-state index contributed by atoms with van der Waals surface area (Å²) in [4.78, 5) is 36.5. The van der Waals surface area contributed by atoms with E-state index in [1.54, 1.807) is 42.5 Å². The maximum atomic E-state index is 12.1. The number of carbonyl (C=O) groups is 3. The Morgan fingerprint density at radius 2 is 2.00 bits per heavy atom. The number of esters is 1. The summed E-state index contributed by atoms with van der Waals surface area (Å²) in [5.74, 6) is -0.783. The van der Waals surface area contributed by atoms with Crippen molar-refractivity contribution in [3.05, 3.63) is 58.6 Å². The first-order valence-corrected chi connectivity index (χ1v) is 8.42. The number of rotatable bonds is 4. The molecule has 1 aliphatic rings. The molecule has 2 aromatic carbocycles. The minimum Gasteiger partial charge on any atom is -0.454 e. The fraction of sp³-hybridized carbons (Fsp3) is 0.118. The third-order valence-corrected chi connectivity index (χ3v) is 4.76. The normalized spacial score (nSPS) is 13.0. The number of ether oxygens (including phenoxy) is 1. The lowest BCUT2D eigenvalue weighted by atomic mass is 10.1. The predicted octanol–water partition coefficient (Wildman–Crippen LogP) is 3.42. The number of Topliss-reactive ketones (excluding diaryl/α,β-unsaturated/α-hetero) is 1. The molecule has 1 heterocycles. The Hall–Kier alpha value is -2.31. The molecule has 1 aliphatic heterocycles. The highest BCUT2D eigenvalue weighted by molar-refractivity contribution is 8.00.